The fourth-order valence-electron chi connectivity index (χ4n) is 3.02. The van der Waals surface area contributed by atoms with Crippen molar-refractivity contribution >= 4 is 5.91 Å². The Balaban J connectivity index is 1.51. The first-order valence-electron chi connectivity index (χ1n) is 7.35. The van der Waals surface area contributed by atoms with E-state index in [0.29, 0.717) is 12.3 Å². The molecule has 0 aromatic heterocycles. The molecule has 3 heteroatoms. The maximum absolute atomic E-state index is 11.8. The van der Waals surface area contributed by atoms with Crippen LogP contribution in [0.15, 0.2) is 0 Å². The zero-order chi connectivity index (χ0) is 11.9. The number of nitrogens with one attached hydrogen (secondary N) is 1. The second kappa shape index (κ2) is 7.00. The van der Waals surface area contributed by atoms with Crippen LogP contribution in [-0.4, -0.2) is 37.0 Å². The maximum Gasteiger partial charge on any atom is 0.223 e. The molecular formula is C14H26N2O. The number of carbonyl (C=O) groups excluding carboxylic acids is 1. The van der Waals surface area contributed by atoms with Gasteiger partial charge < -0.3 is 10.2 Å². The topological polar surface area (TPSA) is 32.3 Å². The van der Waals surface area contributed by atoms with E-state index in [9.17, 15) is 4.79 Å². The van der Waals surface area contributed by atoms with Crippen molar-refractivity contribution in [3.63, 3.8) is 0 Å². The normalized spacial score (nSPS) is 22.0. The molecule has 1 aliphatic heterocycles. The highest BCUT2D eigenvalue weighted by Crippen LogP contribution is 2.22. The lowest BCUT2D eigenvalue weighted by Crippen LogP contribution is -2.32. The van der Waals surface area contributed by atoms with Crippen LogP contribution in [0.1, 0.15) is 51.4 Å². The summed E-state index contributed by atoms with van der Waals surface area (Å²) >= 11 is 0. The molecule has 0 aromatic rings. The van der Waals surface area contributed by atoms with Crippen molar-refractivity contribution in [3.05, 3.63) is 0 Å². The molecule has 1 aliphatic carbocycles. The SMILES string of the molecule is O=C(CCNCC1CCCCC1)N1CCCC1. The highest BCUT2D eigenvalue weighted by Gasteiger charge is 2.17. The summed E-state index contributed by atoms with van der Waals surface area (Å²) in [4.78, 5) is 13.8. The summed E-state index contributed by atoms with van der Waals surface area (Å²) in [7, 11) is 0. The Morgan fingerprint density at radius 1 is 1.06 bits per heavy atom. The molecule has 98 valence electrons. The van der Waals surface area contributed by atoms with Gasteiger partial charge in [0.25, 0.3) is 0 Å². The molecule has 2 rings (SSSR count). The second-order valence-corrected chi connectivity index (χ2v) is 5.55. The third-order valence-corrected chi connectivity index (χ3v) is 4.13. The van der Waals surface area contributed by atoms with Gasteiger partial charge >= 0.3 is 0 Å². The van der Waals surface area contributed by atoms with Gasteiger partial charge in [-0.15, -0.1) is 0 Å². The van der Waals surface area contributed by atoms with Crippen LogP contribution >= 0.6 is 0 Å². The summed E-state index contributed by atoms with van der Waals surface area (Å²) in [6.07, 6.45) is 10.1. The zero-order valence-electron chi connectivity index (χ0n) is 10.9. The molecule has 0 radical (unpaired) electrons. The van der Waals surface area contributed by atoms with E-state index in [1.54, 1.807) is 0 Å². The van der Waals surface area contributed by atoms with Crippen molar-refractivity contribution < 1.29 is 4.79 Å². The fraction of sp³-hybridized carbons (Fsp3) is 0.929. The molecule has 1 saturated heterocycles. The first kappa shape index (κ1) is 12.9. The average molecular weight is 238 g/mol. The van der Waals surface area contributed by atoms with Crippen LogP contribution in [0, 0.1) is 5.92 Å². The first-order chi connectivity index (χ1) is 8.36. The van der Waals surface area contributed by atoms with Crippen molar-refractivity contribution in [3.8, 4) is 0 Å². The van der Waals surface area contributed by atoms with E-state index in [-0.39, 0.29) is 0 Å². The van der Waals surface area contributed by atoms with Crippen molar-refractivity contribution in [1.82, 2.24) is 10.2 Å². The van der Waals surface area contributed by atoms with Crippen molar-refractivity contribution in [2.45, 2.75) is 51.4 Å². The quantitative estimate of drug-likeness (QED) is 0.745. The van der Waals surface area contributed by atoms with Gasteiger partial charge in [0.2, 0.25) is 5.91 Å². The molecule has 3 nitrogen and oxygen atoms in total. The summed E-state index contributed by atoms with van der Waals surface area (Å²) in [5.74, 6) is 1.21. The van der Waals surface area contributed by atoms with E-state index in [1.807, 2.05) is 4.90 Å². The van der Waals surface area contributed by atoms with E-state index in [0.717, 1.165) is 32.1 Å². The van der Waals surface area contributed by atoms with Crippen LogP contribution in [0.25, 0.3) is 0 Å². The Morgan fingerprint density at radius 3 is 2.47 bits per heavy atom. The van der Waals surface area contributed by atoms with Crippen LogP contribution in [0.2, 0.25) is 0 Å². The molecule has 0 bridgehead atoms. The molecule has 0 atom stereocenters. The molecule has 1 amide bonds. The monoisotopic (exact) mass is 238 g/mol. The van der Waals surface area contributed by atoms with Crippen molar-refractivity contribution in [2.75, 3.05) is 26.2 Å². The lowest BCUT2D eigenvalue weighted by atomic mass is 9.89. The van der Waals surface area contributed by atoms with Gasteiger partial charge in [-0.2, -0.15) is 0 Å². The Bertz CT molecular complexity index is 230. The third kappa shape index (κ3) is 4.30. The van der Waals surface area contributed by atoms with E-state index in [4.69, 9.17) is 0 Å². The molecule has 1 N–H and O–H groups in total. The fourth-order valence-corrected chi connectivity index (χ4v) is 3.02. The average Bonchev–Trinajstić information content (AvgIpc) is 2.89. The Hall–Kier alpha value is -0.570. The summed E-state index contributed by atoms with van der Waals surface area (Å²) in [5, 5.41) is 3.46. The largest absolute Gasteiger partial charge is 0.343 e. The molecule has 1 heterocycles. The van der Waals surface area contributed by atoms with E-state index in [1.165, 1.54) is 44.9 Å². The van der Waals surface area contributed by atoms with E-state index in [2.05, 4.69) is 5.32 Å². The van der Waals surface area contributed by atoms with Crippen LogP contribution in [0.3, 0.4) is 0 Å². The van der Waals surface area contributed by atoms with E-state index < -0.39 is 0 Å². The molecule has 0 spiro atoms. The number of hydrogen-bond donors (Lipinski definition) is 1. The number of carbonyl (C=O) groups is 1. The summed E-state index contributed by atoms with van der Waals surface area (Å²) in [5.41, 5.74) is 0. The molecule has 2 aliphatic rings. The van der Waals surface area contributed by atoms with Crippen LogP contribution < -0.4 is 5.32 Å². The first-order valence-corrected chi connectivity index (χ1v) is 7.35. The number of amides is 1. The van der Waals surface area contributed by atoms with Crippen LogP contribution in [-0.2, 0) is 4.79 Å². The number of hydrogen-bond acceptors (Lipinski definition) is 2. The smallest absolute Gasteiger partial charge is 0.223 e. The van der Waals surface area contributed by atoms with Gasteiger partial charge in [-0.25, -0.2) is 0 Å². The minimum absolute atomic E-state index is 0.346. The zero-order valence-corrected chi connectivity index (χ0v) is 10.9. The van der Waals surface area contributed by atoms with Crippen LogP contribution in [0.4, 0.5) is 0 Å². The lowest BCUT2D eigenvalue weighted by molar-refractivity contribution is -0.130. The Kier molecular flexibility index (Phi) is 5.30. The summed E-state index contributed by atoms with van der Waals surface area (Å²) < 4.78 is 0. The Morgan fingerprint density at radius 2 is 1.76 bits per heavy atom. The predicted octanol–water partition coefficient (Wildman–Crippen LogP) is 2.17. The highest BCUT2D eigenvalue weighted by atomic mass is 16.2. The number of nitrogens with zero attached hydrogens (tertiary/aromatic N) is 1. The number of rotatable bonds is 5. The van der Waals surface area contributed by atoms with Gasteiger partial charge in [-0.3, -0.25) is 4.79 Å². The van der Waals surface area contributed by atoms with Crippen molar-refractivity contribution in [1.29, 1.82) is 0 Å². The van der Waals surface area contributed by atoms with Gasteiger partial charge in [0.1, 0.15) is 0 Å². The second-order valence-electron chi connectivity index (χ2n) is 5.55. The number of likely N-dealkylation sites (tertiary alicyclic amines) is 1. The van der Waals surface area contributed by atoms with E-state index >= 15 is 0 Å². The molecule has 0 aromatic carbocycles. The Labute approximate surface area is 105 Å². The van der Waals surface area contributed by atoms with Gasteiger partial charge in [0, 0.05) is 26.1 Å². The minimum atomic E-state index is 0.346. The third-order valence-electron chi connectivity index (χ3n) is 4.13. The lowest BCUT2D eigenvalue weighted by Gasteiger charge is -2.22. The molecule has 1 saturated carbocycles. The standard InChI is InChI=1S/C14H26N2O/c17-14(16-10-4-5-11-16)8-9-15-12-13-6-2-1-3-7-13/h13,15H,1-12H2. The minimum Gasteiger partial charge on any atom is -0.343 e. The van der Waals surface area contributed by atoms with Gasteiger partial charge in [-0.1, -0.05) is 19.3 Å². The summed E-state index contributed by atoms with van der Waals surface area (Å²) in [6, 6.07) is 0. The maximum atomic E-state index is 11.8. The highest BCUT2D eigenvalue weighted by molar-refractivity contribution is 5.76. The van der Waals surface area contributed by atoms with Gasteiger partial charge in [0.05, 0.1) is 0 Å². The van der Waals surface area contributed by atoms with Gasteiger partial charge in [-0.05, 0) is 38.1 Å². The van der Waals surface area contributed by atoms with Gasteiger partial charge in [0.15, 0.2) is 0 Å². The predicted molar refractivity (Wildman–Crippen MR) is 69.9 cm³/mol. The summed E-state index contributed by atoms with van der Waals surface area (Å²) in [6.45, 7) is 3.96. The van der Waals surface area contributed by atoms with Crippen LogP contribution in [0.5, 0.6) is 0 Å². The molecule has 17 heavy (non-hydrogen) atoms. The molecule has 0 unspecified atom stereocenters. The van der Waals surface area contributed by atoms with Crippen molar-refractivity contribution in [2.24, 2.45) is 5.92 Å². The molecule has 2 fully saturated rings. The molecular weight excluding hydrogens is 212 g/mol.